The van der Waals surface area contributed by atoms with Crippen LogP contribution >= 0.6 is 11.8 Å². The van der Waals surface area contributed by atoms with Gasteiger partial charge in [0.1, 0.15) is 6.54 Å². The van der Waals surface area contributed by atoms with Gasteiger partial charge in [-0.2, -0.15) is 13.2 Å². The first kappa shape index (κ1) is 20.9. The minimum absolute atomic E-state index is 0.00827. The molecule has 0 bridgehead atoms. The molecule has 146 valence electrons. The Morgan fingerprint density at radius 1 is 1.22 bits per heavy atom. The number of nitrogens with zero attached hydrogens (tertiary/aromatic N) is 1. The largest absolute Gasteiger partial charge is 0.452 e. The number of esters is 1. The van der Waals surface area contributed by atoms with Crippen LogP contribution in [0.15, 0.2) is 35.2 Å². The molecule has 0 spiro atoms. The Hall–Kier alpha value is -2.42. The van der Waals surface area contributed by atoms with E-state index in [1.807, 2.05) is 12.3 Å². The van der Waals surface area contributed by atoms with E-state index in [0.29, 0.717) is 5.69 Å². The summed E-state index contributed by atoms with van der Waals surface area (Å²) in [5, 5.41) is 2.60. The monoisotopic (exact) mass is 400 g/mol. The molecule has 0 unspecified atom stereocenters. The Bertz CT molecular complexity index is 847. The lowest BCUT2D eigenvalue weighted by molar-refractivity contribution is -0.141. The molecule has 1 amide bonds. The second kappa shape index (κ2) is 8.51. The zero-order chi connectivity index (χ0) is 20.2. The third kappa shape index (κ3) is 5.78. The lowest BCUT2D eigenvalue weighted by atomic mass is 10.2. The molecule has 0 saturated carbocycles. The smallest absolute Gasteiger partial charge is 0.406 e. The van der Waals surface area contributed by atoms with Crippen LogP contribution in [0.2, 0.25) is 0 Å². The number of aryl methyl sites for hydroxylation is 1. The lowest BCUT2D eigenvalue weighted by Crippen LogP contribution is -2.22. The number of benzene rings is 1. The number of aromatic nitrogens is 1. The van der Waals surface area contributed by atoms with Gasteiger partial charge in [0.15, 0.2) is 6.61 Å². The van der Waals surface area contributed by atoms with Crippen molar-refractivity contribution >= 4 is 29.3 Å². The summed E-state index contributed by atoms with van der Waals surface area (Å²) in [4.78, 5) is 25.1. The van der Waals surface area contributed by atoms with Gasteiger partial charge in [-0.1, -0.05) is 6.07 Å². The van der Waals surface area contributed by atoms with E-state index in [4.69, 9.17) is 4.74 Å². The summed E-state index contributed by atoms with van der Waals surface area (Å²) in [6.45, 7) is 1.15. The third-order valence-electron chi connectivity index (χ3n) is 3.82. The summed E-state index contributed by atoms with van der Waals surface area (Å²) in [6, 6.07) is 8.46. The predicted octanol–water partition coefficient (Wildman–Crippen LogP) is 4.18. The number of carbonyl (C=O) groups is 2. The van der Waals surface area contributed by atoms with Gasteiger partial charge in [0.2, 0.25) is 0 Å². The van der Waals surface area contributed by atoms with Gasteiger partial charge < -0.3 is 14.6 Å². The second-order valence-corrected chi connectivity index (χ2v) is 6.72. The highest BCUT2D eigenvalue weighted by Crippen LogP contribution is 2.23. The Labute approximate surface area is 158 Å². The molecule has 5 nitrogen and oxygen atoms in total. The lowest BCUT2D eigenvalue weighted by Gasteiger charge is -2.12. The maximum Gasteiger partial charge on any atom is 0.406 e. The first-order valence-corrected chi connectivity index (χ1v) is 9.17. The molecule has 0 aliphatic carbocycles. The van der Waals surface area contributed by atoms with E-state index in [1.165, 1.54) is 31.7 Å². The minimum atomic E-state index is -4.40. The van der Waals surface area contributed by atoms with Crippen LogP contribution in [0.3, 0.4) is 0 Å². The number of anilines is 1. The highest BCUT2D eigenvalue weighted by Gasteiger charge is 2.30. The van der Waals surface area contributed by atoms with Gasteiger partial charge in [0, 0.05) is 22.0 Å². The molecule has 1 heterocycles. The molecule has 9 heteroatoms. The number of ether oxygens (including phenoxy) is 1. The van der Waals surface area contributed by atoms with Gasteiger partial charge in [0.05, 0.1) is 5.56 Å². The molecule has 0 radical (unpaired) electrons. The van der Waals surface area contributed by atoms with Crippen molar-refractivity contribution in [3.63, 3.8) is 0 Å². The number of nitrogens with one attached hydrogen (secondary N) is 1. The average Bonchev–Trinajstić information content (AvgIpc) is 2.86. The predicted molar refractivity (Wildman–Crippen MR) is 97.1 cm³/mol. The van der Waals surface area contributed by atoms with Crippen molar-refractivity contribution in [1.82, 2.24) is 4.57 Å². The third-order valence-corrected chi connectivity index (χ3v) is 4.54. The average molecular weight is 400 g/mol. The van der Waals surface area contributed by atoms with Crippen molar-refractivity contribution in [2.24, 2.45) is 0 Å². The SMILES string of the molecule is CSc1cccc(NC(=O)COC(=O)c2cc(C)n(CC(F)(F)F)c2C)c1. The first-order chi connectivity index (χ1) is 12.6. The van der Waals surface area contributed by atoms with E-state index in [1.54, 1.807) is 18.2 Å². The van der Waals surface area contributed by atoms with E-state index in [-0.39, 0.29) is 17.0 Å². The Morgan fingerprint density at radius 3 is 2.56 bits per heavy atom. The van der Waals surface area contributed by atoms with Gasteiger partial charge in [-0.05, 0) is 44.4 Å². The van der Waals surface area contributed by atoms with E-state index < -0.39 is 31.2 Å². The maximum absolute atomic E-state index is 12.6. The molecule has 2 aromatic rings. The molecule has 0 aliphatic heterocycles. The first-order valence-electron chi connectivity index (χ1n) is 7.95. The number of alkyl halides is 3. The molecule has 0 aliphatic rings. The Balaban J connectivity index is 1.99. The zero-order valence-electron chi connectivity index (χ0n) is 15.0. The van der Waals surface area contributed by atoms with Crippen LogP contribution in [-0.4, -0.2) is 35.5 Å². The summed E-state index contributed by atoms with van der Waals surface area (Å²) >= 11 is 1.52. The summed E-state index contributed by atoms with van der Waals surface area (Å²) in [5.41, 5.74) is 0.998. The molecule has 1 aromatic heterocycles. The molecule has 1 N–H and O–H groups in total. The van der Waals surface area contributed by atoms with Crippen LogP contribution in [0.5, 0.6) is 0 Å². The van der Waals surface area contributed by atoms with E-state index in [2.05, 4.69) is 5.32 Å². The molecule has 0 atom stereocenters. The van der Waals surface area contributed by atoms with Gasteiger partial charge in [-0.3, -0.25) is 4.79 Å². The van der Waals surface area contributed by atoms with Crippen molar-refractivity contribution in [2.45, 2.75) is 31.5 Å². The molecule has 1 aromatic carbocycles. The number of amides is 1. The topological polar surface area (TPSA) is 60.3 Å². The van der Waals surface area contributed by atoms with E-state index in [0.717, 1.165) is 9.46 Å². The fraction of sp³-hybridized carbons (Fsp3) is 0.333. The fourth-order valence-electron chi connectivity index (χ4n) is 2.54. The number of halogens is 3. The van der Waals surface area contributed by atoms with Gasteiger partial charge in [-0.25, -0.2) is 4.79 Å². The number of hydrogen-bond donors (Lipinski definition) is 1. The molecular weight excluding hydrogens is 381 g/mol. The summed E-state index contributed by atoms with van der Waals surface area (Å²) in [6.07, 6.45) is -2.50. The van der Waals surface area contributed by atoms with Crippen molar-refractivity contribution < 1.29 is 27.5 Å². The molecule has 0 fully saturated rings. The van der Waals surface area contributed by atoms with Crippen molar-refractivity contribution in [3.8, 4) is 0 Å². The van der Waals surface area contributed by atoms with Gasteiger partial charge in [0.25, 0.3) is 5.91 Å². The number of carbonyl (C=O) groups excluding carboxylic acids is 2. The molecule has 27 heavy (non-hydrogen) atoms. The summed E-state index contributed by atoms with van der Waals surface area (Å²) < 4.78 is 43.8. The highest BCUT2D eigenvalue weighted by atomic mass is 32.2. The maximum atomic E-state index is 12.6. The molecular formula is C18H19F3N2O3S. The summed E-state index contributed by atoms with van der Waals surface area (Å²) in [5.74, 6) is -1.38. The Morgan fingerprint density at radius 2 is 1.93 bits per heavy atom. The molecule has 0 saturated heterocycles. The van der Waals surface area contributed by atoms with Crippen LogP contribution in [0.4, 0.5) is 18.9 Å². The van der Waals surface area contributed by atoms with Crippen LogP contribution < -0.4 is 5.32 Å². The van der Waals surface area contributed by atoms with Crippen molar-refractivity contribution in [2.75, 3.05) is 18.2 Å². The normalized spacial score (nSPS) is 11.3. The van der Waals surface area contributed by atoms with E-state index in [9.17, 15) is 22.8 Å². The van der Waals surface area contributed by atoms with Crippen molar-refractivity contribution in [3.05, 3.63) is 47.3 Å². The zero-order valence-corrected chi connectivity index (χ0v) is 15.8. The number of hydrogen-bond acceptors (Lipinski definition) is 4. The van der Waals surface area contributed by atoms with Crippen LogP contribution in [-0.2, 0) is 16.1 Å². The second-order valence-electron chi connectivity index (χ2n) is 5.84. The standard InChI is InChI=1S/C18H19F3N2O3S/c1-11-7-15(12(2)23(11)10-18(19,20)21)17(25)26-9-16(24)22-13-5-4-6-14(8-13)27-3/h4-8H,9-10H2,1-3H3,(H,22,24). The molecule has 2 rings (SSSR count). The fourth-order valence-corrected chi connectivity index (χ4v) is 3.00. The van der Waals surface area contributed by atoms with Crippen LogP contribution in [0.25, 0.3) is 0 Å². The number of thioether (sulfide) groups is 1. The van der Waals surface area contributed by atoms with Crippen LogP contribution in [0, 0.1) is 13.8 Å². The summed E-state index contributed by atoms with van der Waals surface area (Å²) in [7, 11) is 0. The van der Waals surface area contributed by atoms with Gasteiger partial charge >= 0.3 is 12.1 Å². The minimum Gasteiger partial charge on any atom is -0.452 e. The van der Waals surface area contributed by atoms with Crippen molar-refractivity contribution in [1.29, 1.82) is 0 Å². The quantitative estimate of drug-likeness (QED) is 0.584. The number of rotatable bonds is 6. The highest BCUT2D eigenvalue weighted by molar-refractivity contribution is 7.98. The Kier molecular flexibility index (Phi) is 6.59. The van der Waals surface area contributed by atoms with Gasteiger partial charge in [-0.15, -0.1) is 11.8 Å². The van der Waals surface area contributed by atoms with E-state index >= 15 is 0 Å². The van der Waals surface area contributed by atoms with Crippen LogP contribution in [0.1, 0.15) is 21.7 Å².